The normalized spacial score (nSPS) is 11.1. The first-order chi connectivity index (χ1) is 63.8. The number of alkyl halides is 3. The molecule has 0 aliphatic rings. The number of nitrogens with zero attached hydrogens (tertiary/aromatic N) is 14. The van der Waals surface area contributed by atoms with Gasteiger partial charge in [0.15, 0.2) is 45.0 Å². The number of hydrogen-bond donors (Lipinski definition) is 3. The zero-order valence-electron chi connectivity index (χ0n) is 71.7. The van der Waals surface area contributed by atoms with Crippen LogP contribution < -0.4 is 56.4 Å². The minimum atomic E-state index is -6.27. The molecule has 0 atom stereocenters. The summed E-state index contributed by atoms with van der Waals surface area (Å²) in [7, 11) is -6.27. The molecule has 0 saturated heterocycles. The molecule has 0 amide bonds. The number of aryl methyl sites for hydroxylation is 4. The number of rotatable bonds is 28. The number of nitrogens with one attached hydrogen (secondary N) is 2. The molecule has 16 aromatic rings. The molecular weight excluding hydrogens is 1730 g/mol. The minimum Gasteiger partial charge on any atom is -0.506 e. The van der Waals surface area contributed by atoms with Gasteiger partial charge in [0.05, 0.1) is 75.5 Å². The molecule has 10 aromatic heterocycles. The van der Waals surface area contributed by atoms with Crippen LogP contribution in [0.2, 0.25) is 0 Å². The third kappa shape index (κ3) is 21.4. The molecule has 0 saturated carbocycles. The number of hydrogen-bond acceptors (Lipinski definition) is 30. The smallest absolute Gasteiger partial charge is 0.506 e. The zero-order chi connectivity index (χ0) is 93.6. The third-order valence-electron chi connectivity index (χ3n) is 19.8. The molecule has 16 rings (SSSR count). The molecule has 0 bridgehead atoms. The van der Waals surface area contributed by atoms with Gasteiger partial charge in [-0.15, -0.1) is 18.9 Å². The van der Waals surface area contributed by atoms with Crippen molar-refractivity contribution in [1.29, 1.82) is 0 Å². The van der Waals surface area contributed by atoms with Gasteiger partial charge in [0.1, 0.15) is 57.5 Å². The predicted molar refractivity (Wildman–Crippen MR) is 480 cm³/mol. The number of halogens is 3. The molecule has 38 heteroatoms. The highest BCUT2D eigenvalue weighted by atomic mass is 32.2. The summed E-state index contributed by atoms with van der Waals surface area (Å²) in [6.07, 6.45) is 12.2. The maximum atomic E-state index is 13.8. The van der Waals surface area contributed by atoms with E-state index < -0.39 is 83.9 Å². The Morgan fingerprint density at radius 2 is 0.758 bits per heavy atom. The average Bonchev–Trinajstić information content (AvgIpc) is 0.883. The number of esters is 3. The highest BCUT2D eigenvalue weighted by Crippen LogP contribution is 2.37. The molecule has 3 N–H and O–H groups in total. The van der Waals surface area contributed by atoms with Crippen molar-refractivity contribution in [3.05, 3.63) is 365 Å². The molecular formula is C94H83F3N16O18S. The summed E-state index contributed by atoms with van der Waals surface area (Å²) in [6, 6.07) is 62.2. The van der Waals surface area contributed by atoms with Crippen molar-refractivity contribution in [2.24, 2.45) is 0 Å². The molecule has 132 heavy (non-hydrogen) atoms. The van der Waals surface area contributed by atoms with Crippen LogP contribution in [0.3, 0.4) is 0 Å². The van der Waals surface area contributed by atoms with E-state index in [9.17, 15) is 60.3 Å². The second-order valence-electron chi connectivity index (χ2n) is 28.5. The Morgan fingerprint density at radius 3 is 1.18 bits per heavy atom. The van der Waals surface area contributed by atoms with Crippen molar-refractivity contribution in [1.82, 2.24) is 68.8 Å². The number of aromatic hydroxyl groups is 1. The second kappa shape index (κ2) is 42.8. The van der Waals surface area contributed by atoms with Crippen LogP contribution in [-0.4, -0.2) is 126 Å². The van der Waals surface area contributed by atoms with Gasteiger partial charge < -0.3 is 53.5 Å². The molecule has 674 valence electrons. The molecule has 34 nitrogen and oxygen atoms in total. The van der Waals surface area contributed by atoms with Gasteiger partial charge >= 0.3 is 50.2 Å². The fourth-order valence-corrected chi connectivity index (χ4v) is 14.1. The number of carbonyl (C=O) groups excluding carboxylic acids is 3. The van der Waals surface area contributed by atoms with Crippen LogP contribution in [0, 0.1) is 27.7 Å². The van der Waals surface area contributed by atoms with Gasteiger partial charge in [0.2, 0.25) is 0 Å². The van der Waals surface area contributed by atoms with Crippen molar-refractivity contribution in [2.45, 2.75) is 93.5 Å². The second-order valence-corrected chi connectivity index (χ2v) is 30.0. The van der Waals surface area contributed by atoms with Gasteiger partial charge in [-0.05, 0) is 105 Å². The maximum absolute atomic E-state index is 13.8. The summed E-state index contributed by atoms with van der Waals surface area (Å²) < 4.78 is 85.5. The zero-order valence-corrected chi connectivity index (χ0v) is 72.5. The van der Waals surface area contributed by atoms with Crippen LogP contribution in [0.4, 0.5) is 24.5 Å². The lowest BCUT2D eigenvalue weighted by molar-refractivity contribution is -0.0500. The average molecular weight is 1810 g/mol. The number of pyridine rings is 6. The maximum Gasteiger partial charge on any atom is 0.534 e. The van der Waals surface area contributed by atoms with E-state index >= 15 is 0 Å². The van der Waals surface area contributed by atoms with E-state index in [-0.39, 0.29) is 79.7 Å². The van der Waals surface area contributed by atoms with Crippen LogP contribution in [0.15, 0.2) is 269 Å². The quantitative estimate of drug-likeness (QED) is 0.0177. The number of benzene rings is 6. The van der Waals surface area contributed by atoms with Gasteiger partial charge in [-0.25, -0.2) is 54.3 Å². The Labute approximate surface area is 749 Å². The fourth-order valence-electron chi connectivity index (χ4n) is 13.6. The number of aromatic nitrogens is 14. The van der Waals surface area contributed by atoms with Crippen molar-refractivity contribution < 1.29 is 78.8 Å². The van der Waals surface area contributed by atoms with Crippen LogP contribution >= 0.6 is 0 Å². The molecule has 10 heterocycles. The summed E-state index contributed by atoms with van der Waals surface area (Å²) in [5.41, 5.74) is 1.50. The molecule has 0 aliphatic heterocycles. The van der Waals surface area contributed by atoms with E-state index in [1.807, 2.05) is 165 Å². The Morgan fingerprint density at radius 1 is 0.409 bits per heavy atom. The van der Waals surface area contributed by atoms with Gasteiger partial charge in [-0.2, -0.15) is 21.6 Å². The van der Waals surface area contributed by atoms with Crippen molar-refractivity contribution in [3.8, 4) is 33.8 Å². The van der Waals surface area contributed by atoms with E-state index in [1.54, 1.807) is 76.6 Å². The van der Waals surface area contributed by atoms with Crippen LogP contribution in [0.25, 0.3) is 66.4 Å². The van der Waals surface area contributed by atoms with Gasteiger partial charge in [-0.3, -0.25) is 29.1 Å². The fraction of sp³-hybridized carbons (Fsp3) is 0.181. The monoisotopic (exact) mass is 1810 g/mol. The van der Waals surface area contributed by atoms with Gasteiger partial charge in [-0.1, -0.05) is 182 Å². The lowest BCUT2D eigenvalue weighted by atomic mass is 10.0. The SMILES string of the molecule is CCOC(=O)c1c(NCc2ccccc2-c2cccnc2)c2c(C)ncnc2n(OCc2ccccc2)c1=O.CCOC(=O)c1c(O)c2c(C)ncnc2n(OCc2ccccc2)c1=O.CCOC(=O)c1c(OS(=O)(=O)C(F)(F)F)c2c(C)ncnc2n(OCc2ccccc2)c1=O.Cc1ncnc2c1c(NCc1ccccc1-c1cccnc1)cc(=O)n2OCc1ccccc1. The molecule has 0 spiro atoms. The first kappa shape index (κ1) is 93.0. The summed E-state index contributed by atoms with van der Waals surface area (Å²) in [6.45, 7) is 12.3. The Kier molecular flexibility index (Phi) is 30.1. The first-order valence-corrected chi connectivity index (χ1v) is 42.1. The van der Waals surface area contributed by atoms with Crippen LogP contribution in [0.5, 0.6) is 11.5 Å². The van der Waals surface area contributed by atoms with Crippen molar-refractivity contribution >= 4 is 83.5 Å². The molecule has 0 unspecified atom stereocenters. The van der Waals surface area contributed by atoms with E-state index in [0.29, 0.717) is 57.2 Å². The summed E-state index contributed by atoms with van der Waals surface area (Å²) in [4.78, 5) is 155. The highest BCUT2D eigenvalue weighted by Gasteiger charge is 2.50. The van der Waals surface area contributed by atoms with Crippen LogP contribution in [0.1, 0.15) is 108 Å². The van der Waals surface area contributed by atoms with Gasteiger partial charge in [0.25, 0.3) is 5.56 Å². The molecule has 0 radical (unpaired) electrons. The van der Waals surface area contributed by atoms with E-state index in [4.69, 9.17) is 33.6 Å². The van der Waals surface area contributed by atoms with E-state index in [0.717, 1.165) is 76.9 Å². The number of fused-ring (bicyclic) bond motifs is 4. The van der Waals surface area contributed by atoms with E-state index in [1.165, 1.54) is 43.6 Å². The largest absolute Gasteiger partial charge is 0.534 e. The Bertz CT molecular complexity index is 7240. The van der Waals surface area contributed by atoms with E-state index in [2.05, 4.69) is 76.8 Å². The number of anilines is 2. The number of ether oxygens (including phenoxy) is 3. The Hall–Kier alpha value is -16.7. The number of carbonyl (C=O) groups is 3. The summed E-state index contributed by atoms with van der Waals surface area (Å²) >= 11 is 0. The Balaban J connectivity index is 0.000000151. The summed E-state index contributed by atoms with van der Waals surface area (Å²) in [5.74, 6) is -4.83. The molecule has 6 aromatic carbocycles. The van der Waals surface area contributed by atoms with Crippen molar-refractivity contribution in [2.75, 3.05) is 30.5 Å². The standard InChI is InChI=1S/C30H27N5O4.C27H23N5O2.C19H16F3N3O7S.C18H17N3O5/c1-3-38-30(37)26-27(32-17-23-12-7-8-14-24(23)22-13-9-15-31-16-22)25-20(2)33-19-34-28(25)35(29(26)36)39-18-21-10-5-4-6-11-21;1-19-26-24(29-16-22-10-5-6-12-23(22)21-11-7-13-28-15-21)14-25(33)32(27(26)31-18-30-19)34-17-20-8-3-2-4-9-20;1-3-30-18(27)14-15(32-33(28,29)19(20,21)22)13-11(2)23-10-24-16(13)25(17(14)26)31-9-12-7-5-4-6-8-12;1-3-25-18(24)14-15(22)13-11(2)19-10-20-16(13)21(17(14)23)26-9-12-7-5-4-6-8-12/h4-16,19,32H,3,17-18H2,1-2H3;2-15,18,29H,16-17H2,1H3;4-8,10H,3,9H2,1-2H3;4-8,10,22H,3,9H2,1-2H3. The molecule has 0 aliphatic carbocycles. The minimum absolute atomic E-state index is 0.0604. The van der Waals surface area contributed by atoms with Crippen molar-refractivity contribution in [3.63, 3.8) is 0 Å². The summed E-state index contributed by atoms with van der Waals surface area (Å²) in [5, 5.41) is 18.2. The highest BCUT2D eigenvalue weighted by molar-refractivity contribution is 7.88. The molecule has 0 fully saturated rings. The lowest BCUT2D eigenvalue weighted by Gasteiger charge is -2.19. The predicted octanol–water partition coefficient (Wildman–Crippen LogP) is 12.7. The first-order valence-electron chi connectivity index (χ1n) is 40.7. The topological polar surface area (TPSA) is 420 Å². The lowest BCUT2D eigenvalue weighted by Crippen LogP contribution is -2.35. The third-order valence-corrected chi connectivity index (χ3v) is 20.8. The van der Waals surface area contributed by atoms with Gasteiger partial charge in [0, 0.05) is 55.1 Å². The van der Waals surface area contributed by atoms with Crippen LogP contribution in [-0.2, 0) is 63.8 Å².